The topological polar surface area (TPSA) is 69.0 Å². The Balaban J connectivity index is 1.62. The van der Waals surface area contributed by atoms with Crippen molar-refractivity contribution >= 4 is 34.7 Å². The maximum Gasteiger partial charge on any atom is 0.258 e. The van der Waals surface area contributed by atoms with Crippen molar-refractivity contribution in [3.05, 3.63) is 76.3 Å². The number of nitrogens with one attached hydrogen (secondary N) is 1. The Morgan fingerprint density at radius 3 is 2.66 bits per heavy atom. The van der Waals surface area contributed by atoms with Crippen LogP contribution in [-0.2, 0) is 0 Å². The zero-order valence-corrected chi connectivity index (χ0v) is 17.3. The van der Waals surface area contributed by atoms with Crippen molar-refractivity contribution in [1.82, 2.24) is 14.8 Å². The number of ether oxygens (including phenoxy) is 1. The first-order valence-corrected chi connectivity index (χ1v) is 10.0. The number of aromatic nitrogens is 3. The second kappa shape index (κ2) is 8.06. The fourth-order valence-electron chi connectivity index (χ4n) is 2.82. The smallest absolute Gasteiger partial charge is 0.258 e. The molecule has 0 saturated carbocycles. The van der Waals surface area contributed by atoms with E-state index < -0.39 is 0 Å². The Labute approximate surface area is 176 Å². The van der Waals surface area contributed by atoms with Gasteiger partial charge in [0, 0.05) is 17.0 Å². The third-order valence-electron chi connectivity index (χ3n) is 4.25. The van der Waals surface area contributed by atoms with Gasteiger partial charge in [0.25, 0.3) is 5.91 Å². The van der Waals surface area contributed by atoms with Crippen LogP contribution in [0.25, 0.3) is 16.4 Å². The molecule has 0 aliphatic carbocycles. The molecule has 0 aliphatic rings. The van der Waals surface area contributed by atoms with Gasteiger partial charge in [-0.05, 0) is 43.3 Å². The summed E-state index contributed by atoms with van der Waals surface area (Å²) < 4.78 is 6.83. The number of hydrogen-bond acceptors (Lipinski definition) is 5. The molecule has 8 heteroatoms. The van der Waals surface area contributed by atoms with Gasteiger partial charge in [-0.15, -0.1) is 11.3 Å². The average Bonchev–Trinajstić information content (AvgIpc) is 3.35. The first-order chi connectivity index (χ1) is 14.0. The molecule has 4 rings (SSSR count). The number of anilines is 1. The summed E-state index contributed by atoms with van der Waals surface area (Å²) in [4.78, 5) is 17.3. The molecule has 146 valence electrons. The van der Waals surface area contributed by atoms with Gasteiger partial charge in [0.05, 0.1) is 29.1 Å². The van der Waals surface area contributed by atoms with Gasteiger partial charge in [-0.1, -0.05) is 23.7 Å². The zero-order chi connectivity index (χ0) is 20.4. The van der Waals surface area contributed by atoms with Gasteiger partial charge in [-0.3, -0.25) is 4.79 Å². The molecule has 2 aromatic carbocycles. The lowest BCUT2D eigenvalue weighted by Gasteiger charge is -2.07. The summed E-state index contributed by atoms with van der Waals surface area (Å²) >= 11 is 7.58. The van der Waals surface area contributed by atoms with Crippen LogP contribution in [0.2, 0.25) is 5.02 Å². The summed E-state index contributed by atoms with van der Waals surface area (Å²) in [5.41, 5.74) is 2.96. The highest BCUT2D eigenvalue weighted by Gasteiger charge is 2.16. The van der Waals surface area contributed by atoms with E-state index in [1.54, 1.807) is 42.1 Å². The van der Waals surface area contributed by atoms with E-state index in [0.717, 1.165) is 22.7 Å². The molecular weight excluding hydrogens is 408 g/mol. The number of methoxy groups -OCH3 is 1. The summed E-state index contributed by atoms with van der Waals surface area (Å²) in [5.74, 6) is 1.02. The largest absolute Gasteiger partial charge is 0.497 e. The van der Waals surface area contributed by atoms with Crippen molar-refractivity contribution in [2.45, 2.75) is 6.92 Å². The normalized spacial score (nSPS) is 10.7. The van der Waals surface area contributed by atoms with Gasteiger partial charge < -0.3 is 10.1 Å². The first-order valence-electron chi connectivity index (χ1n) is 8.78. The molecule has 4 aromatic rings. The predicted molar refractivity (Wildman–Crippen MR) is 115 cm³/mol. The van der Waals surface area contributed by atoms with Crippen molar-refractivity contribution in [2.75, 3.05) is 12.4 Å². The molecule has 2 heterocycles. The van der Waals surface area contributed by atoms with Crippen LogP contribution in [-0.4, -0.2) is 27.8 Å². The molecule has 1 N–H and O–H groups in total. The first kappa shape index (κ1) is 19.2. The van der Waals surface area contributed by atoms with Crippen LogP contribution in [0.5, 0.6) is 5.75 Å². The number of benzene rings is 2. The molecule has 0 saturated heterocycles. The third-order valence-corrected chi connectivity index (χ3v) is 5.40. The van der Waals surface area contributed by atoms with E-state index in [0.29, 0.717) is 21.5 Å². The van der Waals surface area contributed by atoms with Crippen molar-refractivity contribution in [1.29, 1.82) is 0 Å². The molecule has 1 amide bonds. The van der Waals surface area contributed by atoms with Crippen molar-refractivity contribution in [3.8, 4) is 22.1 Å². The van der Waals surface area contributed by atoms with Crippen LogP contribution in [0.3, 0.4) is 0 Å². The number of carbonyl (C=O) groups is 1. The molecule has 0 atom stereocenters. The van der Waals surface area contributed by atoms with E-state index in [-0.39, 0.29) is 5.91 Å². The van der Waals surface area contributed by atoms with E-state index in [4.69, 9.17) is 16.3 Å². The Kier molecular flexibility index (Phi) is 5.33. The Morgan fingerprint density at radius 1 is 1.17 bits per heavy atom. The minimum Gasteiger partial charge on any atom is -0.497 e. The van der Waals surface area contributed by atoms with Crippen molar-refractivity contribution < 1.29 is 9.53 Å². The Bertz CT molecular complexity index is 1170. The van der Waals surface area contributed by atoms with Gasteiger partial charge >= 0.3 is 0 Å². The summed E-state index contributed by atoms with van der Waals surface area (Å²) in [6, 6.07) is 16.4. The van der Waals surface area contributed by atoms with Gasteiger partial charge in [0.1, 0.15) is 11.6 Å². The second-order valence-corrected chi connectivity index (χ2v) is 7.50. The molecule has 2 aromatic heterocycles. The van der Waals surface area contributed by atoms with Gasteiger partial charge in [0.15, 0.2) is 0 Å². The van der Waals surface area contributed by atoms with Gasteiger partial charge in [-0.25, -0.2) is 4.98 Å². The van der Waals surface area contributed by atoms with E-state index in [2.05, 4.69) is 15.4 Å². The van der Waals surface area contributed by atoms with E-state index in [1.165, 1.54) is 11.3 Å². The quantitative estimate of drug-likeness (QED) is 0.477. The van der Waals surface area contributed by atoms with Crippen LogP contribution in [0, 0.1) is 6.92 Å². The standard InChI is InChI=1S/C21H17ClN4O2S/c1-13-11-19(24-20(27)16-5-3-4-6-17(16)22)26(25-13)21-23-18(12-29-21)14-7-9-15(28-2)10-8-14/h3-12H,1-2H3,(H,24,27). The lowest BCUT2D eigenvalue weighted by atomic mass is 10.2. The van der Waals surface area contributed by atoms with Gasteiger partial charge in [0.2, 0.25) is 5.13 Å². The van der Waals surface area contributed by atoms with Crippen LogP contribution in [0.1, 0.15) is 16.1 Å². The lowest BCUT2D eigenvalue weighted by Crippen LogP contribution is -2.15. The molecule has 0 aliphatic heterocycles. The molecule has 0 bridgehead atoms. The van der Waals surface area contributed by atoms with E-state index in [9.17, 15) is 4.79 Å². The number of nitrogens with zero attached hydrogens (tertiary/aromatic N) is 3. The average molecular weight is 425 g/mol. The molecule has 6 nitrogen and oxygen atoms in total. The molecule has 29 heavy (non-hydrogen) atoms. The number of halogens is 1. The fourth-order valence-corrected chi connectivity index (χ4v) is 3.84. The SMILES string of the molecule is COc1ccc(-c2csc(-n3nc(C)cc3NC(=O)c3ccccc3Cl)n2)cc1. The predicted octanol–water partition coefficient (Wildman–Crippen LogP) is 5.22. The molecule has 0 unspecified atom stereocenters. The maximum atomic E-state index is 12.6. The Hall–Kier alpha value is -3.16. The minimum absolute atomic E-state index is 0.302. The molecule has 0 spiro atoms. The molecule has 0 radical (unpaired) electrons. The Morgan fingerprint density at radius 2 is 1.93 bits per heavy atom. The monoisotopic (exact) mass is 424 g/mol. The third kappa shape index (κ3) is 4.01. The summed E-state index contributed by atoms with van der Waals surface area (Å²) in [7, 11) is 1.63. The van der Waals surface area contributed by atoms with Crippen LogP contribution in [0.4, 0.5) is 5.82 Å². The van der Waals surface area contributed by atoms with Crippen LogP contribution in [0.15, 0.2) is 60.0 Å². The summed E-state index contributed by atoms with van der Waals surface area (Å²) in [6.45, 7) is 1.86. The van der Waals surface area contributed by atoms with E-state index in [1.807, 2.05) is 36.6 Å². The highest BCUT2D eigenvalue weighted by atomic mass is 35.5. The van der Waals surface area contributed by atoms with Crippen molar-refractivity contribution in [3.63, 3.8) is 0 Å². The highest BCUT2D eigenvalue weighted by molar-refractivity contribution is 7.12. The summed E-state index contributed by atoms with van der Waals surface area (Å²) in [6.07, 6.45) is 0. The van der Waals surface area contributed by atoms with Crippen LogP contribution >= 0.6 is 22.9 Å². The molecular formula is C21H17ClN4O2S. The van der Waals surface area contributed by atoms with Crippen LogP contribution < -0.4 is 10.1 Å². The number of carbonyl (C=O) groups excluding carboxylic acids is 1. The van der Waals surface area contributed by atoms with E-state index >= 15 is 0 Å². The number of aryl methyl sites for hydroxylation is 1. The summed E-state index contributed by atoms with van der Waals surface area (Å²) in [5, 5.41) is 10.4. The second-order valence-electron chi connectivity index (χ2n) is 6.26. The number of thiazole rings is 1. The lowest BCUT2D eigenvalue weighted by molar-refractivity contribution is 0.102. The number of hydrogen-bond donors (Lipinski definition) is 1. The maximum absolute atomic E-state index is 12.6. The zero-order valence-electron chi connectivity index (χ0n) is 15.7. The minimum atomic E-state index is -0.302. The van der Waals surface area contributed by atoms with Gasteiger partial charge in [-0.2, -0.15) is 9.78 Å². The molecule has 0 fully saturated rings. The van der Waals surface area contributed by atoms with Crippen molar-refractivity contribution in [2.24, 2.45) is 0 Å². The number of amides is 1. The highest BCUT2D eigenvalue weighted by Crippen LogP contribution is 2.28. The number of rotatable bonds is 5. The fraction of sp³-hybridized carbons (Fsp3) is 0.0952.